The smallest absolute Gasteiger partial charge is 0.244 e. The van der Waals surface area contributed by atoms with Crippen molar-refractivity contribution in [3.05, 3.63) is 24.3 Å². The fraction of sp³-hybridized carbons (Fsp3) is 0.562. The Morgan fingerprint density at radius 1 is 1.27 bits per heavy atom. The summed E-state index contributed by atoms with van der Waals surface area (Å²) in [5, 5.41) is 2.88. The highest BCUT2D eigenvalue weighted by molar-refractivity contribution is 5.98. The van der Waals surface area contributed by atoms with E-state index < -0.39 is 5.54 Å². The van der Waals surface area contributed by atoms with Crippen molar-refractivity contribution in [2.45, 2.75) is 31.2 Å². The fourth-order valence-corrected chi connectivity index (χ4v) is 2.35. The zero-order valence-electron chi connectivity index (χ0n) is 12.5. The summed E-state index contributed by atoms with van der Waals surface area (Å²) in [6.45, 7) is 1.87. The summed E-state index contributed by atoms with van der Waals surface area (Å²) >= 11 is 0. The van der Waals surface area contributed by atoms with Crippen molar-refractivity contribution < 1.29 is 14.3 Å². The molecule has 0 spiro atoms. The van der Waals surface area contributed by atoms with E-state index in [0.717, 1.165) is 24.0 Å². The Morgan fingerprint density at radius 3 is 2.50 bits per heavy atom. The summed E-state index contributed by atoms with van der Waals surface area (Å²) in [7, 11) is 0. The molecule has 1 aromatic rings. The maximum Gasteiger partial charge on any atom is 0.244 e. The molecule has 3 N–H and O–H groups in total. The van der Waals surface area contributed by atoms with Gasteiger partial charge in [0.2, 0.25) is 5.91 Å². The molecule has 0 unspecified atom stereocenters. The van der Waals surface area contributed by atoms with Gasteiger partial charge in [0, 0.05) is 18.9 Å². The minimum Gasteiger partial charge on any atom is -0.493 e. The van der Waals surface area contributed by atoms with Gasteiger partial charge in [-0.05, 0) is 55.9 Å². The maximum absolute atomic E-state index is 12.3. The van der Waals surface area contributed by atoms with Crippen LogP contribution in [0.25, 0.3) is 0 Å². The van der Waals surface area contributed by atoms with Gasteiger partial charge in [0.15, 0.2) is 0 Å². The Kier molecular flexibility index (Phi) is 5.67. The fourth-order valence-electron chi connectivity index (χ4n) is 2.35. The minimum atomic E-state index is -0.820. The molecular formula is C16H23ClN2O3. The first kappa shape index (κ1) is 17.1. The first-order chi connectivity index (χ1) is 10.2. The van der Waals surface area contributed by atoms with Crippen LogP contribution in [0, 0.1) is 5.92 Å². The van der Waals surface area contributed by atoms with Crippen molar-refractivity contribution in [2.75, 3.05) is 25.1 Å². The number of benzene rings is 1. The number of anilines is 1. The van der Waals surface area contributed by atoms with Crippen molar-refractivity contribution in [3.8, 4) is 5.75 Å². The summed E-state index contributed by atoms with van der Waals surface area (Å²) in [5.74, 6) is 1.43. The molecule has 1 saturated carbocycles. The molecule has 122 valence electrons. The number of hydrogen-bond donors (Lipinski definition) is 2. The Bertz CT molecular complexity index is 497. The lowest BCUT2D eigenvalue weighted by atomic mass is 9.90. The van der Waals surface area contributed by atoms with Crippen LogP contribution in [0.3, 0.4) is 0 Å². The van der Waals surface area contributed by atoms with Crippen LogP contribution in [0.4, 0.5) is 5.69 Å². The van der Waals surface area contributed by atoms with E-state index in [2.05, 4.69) is 5.32 Å². The van der Waals surface area contributed by atoms with Gasteiger partial charge in [-0.2, -0.15) is 0 Å². The average Bonchev–Trinajstić information content (AvgIpc) is 3.31. The summed E-state index contributed by atoms with van der Waals surface area (Å²) in [5.41, 5.74) is 6.08. The molecule has 1 heterocycles. The van der Waals surface area contributed by atoms with Crippen molar-refractivity contribution >= 4 is 24.0 Å². The number of nitrogens with two attached hydrogens (primary N) is 1. The first-order valence-electron chi connectivity index (χ1n) is 7.57. The second kappa shape index (κ2) is 7.31. The molecule has 1 aliphatic carbocycles. The molecule has 1 amide bonds. The molecule has 3 rings (SSSR count). The van der Waals surface area contributed by atoms with Gasteiger partial charge in [0.05, 0.1) is 6.61 Å². The van der Waals surface area contributed by atoms with Crippen molar-refractivity contribution in [1.29, 1.82) is 0 Å². The molecule has 6 heteroatoms. The minimum absolute atomic E-state index is 0. The van der Waals surface area contributed by atoms with Crippen LogP contribution in [0.15, 0.2) is 24.3 Å². The lowest BCUT2D eigenvalue weighted by Crippen LogP contribution is -2.54. The molecule has 2 fully saturated rings. The molecule has 5 nitrogen and oxygen atoms in total. The van der Waals surface area contributed by atoms with Crippen molar-refractivity contribution in [1.82, 2.24) is 0 Å². The number of halogens is 1. The Hall–Kier alpha value is -1.30. The van der Waals surface area contributed by atoms with Crippen LogP contribution in [-0.4, -0.2) is 31.3 Å². The first-order valence-corrected chi connectivity index (χ1v) is 7.57. The predicted molar refractivity (Wildman–Crippen MR) is 87.5 cm³/mol. The number of hydrogen-bond acceptors (Lipinski definition) is 4. The highest BCUT2D eigenvalue weighted by atomic mass is 35.5. The Labute approximate surface area is 137 Å². The molecule has 0 bridgehead atoms. The van der Waals surface area contributed by atoms with Crippen molar-refractivity contribution in [2.24, 2.45) is 11.7 Å². The molecule has 22 heavy (non-hydrogen) atoms. The van der Waals surface area contributed by atoms with Crippen LogP contribution in [0.2, 0.25) is 0 Å². The van der Waals surface area contributed by atoms with Gasteiger partial charge in [-0.25, -0.2) is 0 Å². The summed E-state index contributed by atoms with van der Waals surface area (Å²) in [4.78, 5) is 12.3. The van der Waals surface area contributed by atoms with Crippen molar-refractivity contribution in [3.63, 3.8) is 0 Å². The van der Waals surface area contributed by atoms with Gasteiger partial charge < -0.3 is 20.5 Å². The number of carbonyl (C=O) groups excluding carboxylic acids is 1. The van der Waals surface area contributed by atoms with E-state index in [9.17, 15) is 4.79 Å². The summed E-state index contributed by atoms with van der Waals surface area (Å²) in [6, 6.07) is 7.46. The standard InChI is InChI=1S/C16H22N2O3.ClH/c17-16(7-9-20-10-8-16)15(19)18-13-3-5-14(6-4-13)21-11-12-1-2-12;/h3-6,12H,1-2,7-11,17H2,(H,18,19);1H. The third kappa shape index (κ3) is 4.35. The normalized spacial score (nSPS) is 19.9. The van der Waals surface area contributed by atoms with E-state index in [1.54, 1.807) is 0 Å². The van der Waals surface area contributed by atoms with Crippen LogP contribution >= 0.6 is 12.4 Å². The molecule has 1 aliphatic heterocycles. The lowest BCUT2D eigenvalue weighted by molar-refractivity contribution is -0.124. The van der Waals surface area contributed by atoms with E-state index in [1.807, 2.05) is 24.3 Å². The largest absolute Gasteiger partial charge is 0.493 e. The third-order valence-electron chi connectivity index (χ3n) is 4.13. The molecule has 1 aromatic carbocycles. The number of rotatable bonds is 5. The Balaban J connectivity index is 0.00000176. The van der Waals surface area contributed by atoms with E-state index in [4.69, 9.17) is 15.2 Å². The number of ether oxygens (including phenoxy) is 2. The third-order valence-corrected chi connectivity index (χ3v) is 4.13. The van der Waals surface area contributed by atoms with Gasteiger partial charge in [0.1, 0.15) is 11.3 Å². The SMILES string of the molecule is Cl.NC1(C(=O)Nc2ccc(OCC3CC3)cc2)CCOCC1. The summed E-state index contributed by atoms with van der Waals surface area (Å²) < 4.78 is 10.9. The van der Waals surface area contributed by atoms with Gasteiger partial charge in [-0.1, -0.05) is 0 Å². The Morgan fingerprint density at radius 2 is 1.91 bits per heavy atom. The highest BCUT2D eigenvalue weighted by Crippen LogP contribution is 2.29. The quantitative estimate of drug-likeness (QED) is 0.871. The molecule has 0 atom stereocenters. The van der Waals surface area contributed by atoms with Gasteiger partial charge >= 0.3 is 0 Å². The van der Waals surface area contributed by atoms with Crippen LogP contribution in [0.1, 0.15) is 25.7 Å². The van der Waals surface area contributed by atoms with Crippen LogP contribution in [0.5, 0.6) is 5.75 Å². The van der Waals surface area contributed by atoms with E-state index in [-0.39, 0.29) is 18.3 Å². The topological polar surface area (TPSA) is 73.6 Å². The molecule has 1 saturated heterocycles. The van der Waals surface area contributed by atoms with Crippen LogP contribution in [-0.2, 0) is 9.53 Å². The van der Waals surface area contributed by atoms with Gasteiger partial charge in [-0.3, -0.25) is 4.79 Å². The number of carbonyl (C=O) groups is 1. The molecule has 0 radical (unpaired) electrons. The average molecular weight is 327 g/mol. The molecule has 0 aromatic heterocycles. The number of nitrogens with one attached hydrogen (secondary N) is 1. The van der Waals surface area contributed by atoms with Gasteiger partial charge in [0.25, 0.3) is 0 Å². The number of amides is 1. The zero-order chi connectivity index (χ0) is 14.7. The lowest BCUT2D eigenvalue weighted by Gasteiger charge is -2.31. The monoisotopic (exact) mass is 326 g/mol. The van der Waals surface area contributed by atoms with Gasteiger partial charge in [-0.15, -0.1) is 12.4 Å². The molecule has 2 aliphatic rings. The molecular weight excluding hydrogens is 304 g/mol. The second-order valence-corrected chi connectivity index (χ2v) is 6.00. The summed E-state index contributed by atoms with van der Waals surface area (Å²) in [6.07, 6.45) is 3.66. The van der Waals surface area contributed by atoms with E-state index >= 15 is 0 Å². The van der Waals surface area contributed by atoms with E-state index in [0.29, 0.717) is 26.1 Å². The zero-order valence-corrected chi connectivity index (χ0v) is 13.4. The highest BCUT2D eigenvalue weighted by Gasteiger charge is 2.35. The van der Waals surface area contributed by atoms with Crippen LogP contribution < -0.4 is 15.8 Å². The van der Waals surface area contributed by atoms with E-state index in [1.165, 1.54) is 12.8 Å². The second-order valence-electron chi connectivity index (χ2n) is 6.00. The predicted octanol–water partition coefficient (Wildman–Crippen LogP) is 2.34. The maximum atomic E-state index is 12.3.